The van der Waals surface area contributed by atoms with Crippen molar-refractivity contribution in [3.05, 3.63) is 76.8 Å². The Bertz CT molecular complexity index is 1260. The van der Waals surface area contributed by atoms with Crippen molar-refractivity contribution in [1.82, 2.24) is 14.7 Å². The average Bonchev–Trinajstić information content (AvgIpc) is 3.34. The smallest absolute Gasteiger partial charge is 0.265 e. The van der Waals surface area contributed by atoms with Gasteiger partial charge in [0.05, 0.1) is 17.1 Å². The van der Waals surface area contributed by atoms with Gasteiger partial charge in [-0.2, -0.15) is 5.10 Å². The fraction of sp³-hybridized carbons (Fsp3) is 0.208. The van der Waals surface area contributed by atoms with Gasteiger partial charge in [-0.3, -0.25) is 14.3 Å². The molecule has 0 saturated heterocycles. The number of nitrogens with one attached hydrogen (secondary N) is 1. The molecule has 2 aromatic carbocycles. The quantitative estimate of drug-likeness (QED) is 0.460. The van der Waals surface area contributed by atoms with E-state index in [0.29, 0.717) is 22.9 Å². The monoisotopic (exact) mass is 448 g/mol. The molecule has 32 heavy (non-hydrogen) atoms. The van der Waals surface area contributed by atoms with E-state index in [1.165, 1.54) is 16.2 Å². The van der Waals surface area contributed by atoms with Crippen LogP contribution in [0.5, 0.6) is 5.75 Å². The van der Waals surface area contributed by atoms with Crippen LogP contribution in [0, 0.1) is 6.92 Å². The van der Waals surface area contributed by atoms with Crippen LogP contribution in [0.15, 0.2) is 60.7 Å². The standard InChI is InChI=1S/C24H24N4O3S/c1-16-20-13-21(32-24(20)28(26-16)14-17-8-5-4-6-9-17)23(30)25-18-10-7-11-19(12-18)31-15-22(29)27(2)3/h4-13H,14-15H2,1-3H3,(H,25,30). The number of hydrogen-bond donors (Lipinski definition) is 1. The molecule has 4 aromatic rings. The maximum absolute atomic E-state index is 12.9. The van der Waals surface area contributed by atoms with Gasteiger partial charge in [-0.05, 0) is 30.7 Å². The van der Waals surface area contributed by atoms with Crippen LogP contribution in [-0.4, -0.2) is 47.2 Å². The number of aromatic nitrogens is 2. The summed E-state index contributed by atoms with van der Waals surface area (Å²) in [6.45, 7) is 2.55. The minimum Gasteiger partial charge on any atom is -0.484 e. The van der Waals surface area contributed by atoms with Gasteiger partial charge >= 0.3 is 0 Å². The van der Waals surface area contributed by atoms with Crippen LogP contribution in [0.1, 0.15) is 20.9 Å². The molecule has 164 valence electrons. The molecule has 2 amide bonds. The molecular weight excluding hydrogens is 424 g/mol. The molecule has 0 atom stereocenters. The van der Waals surface area contributed by atoms with Crippen molar-refractivity contribution in [2.45, 2.75) is 13.5 Å². The first-order valence-corrected chi connectivity index (χ1v) is 11.0. The Morgan fingerprint density at radius 1 is 1.09 bits per heavy atom. The summed E-state index contributed by atoms with van der Waals surface area (Å²) in [6, 6.07) is 19.0. The Hall–Kier alpha value is -3.65. The minimum absolute atomic E-state index is 0.0576. The molecule has 2 heterocycles. The third-order valence-corrected chi connectivity index (χ3v) is 6.11. The fourth-order valence-corrected chi connectivity index (χ4v) is 4.27. The Kier molecular flexibility index (Phi) is 6.23. The van der Waals surface area contributed by atoms with E-state index in [1.54, 1.807) is 38.4 Å². The highest BCUT2D eigenvalue weighted by molar-refractivity contribution is 7.20. The summed E-state index contributed by atoms with van der Waals surface area (Å²) in [5.74, 6) is 0.187. The molecule has 0 aliphatic carbocycles. The van der Waals surface area contributed by atoms with E-state index in [-0.39, 0.29) is 18.4 Å². The molecule has 8 heteroatoms. The first-order valence-electron chi connectivity index (χ1n) is 10.2. The van der Waals surface area contributed by atoms with Crippen molar-refractivity contribution in [2.24, 2.45) is 0 Å². The number of aryl methyl sites for hydroxylation is 1. The van der Waals surface area contributed by atoms with Crippen LogP contribution in [0.3, 0.4) is 0 Å². The fourth-order valence-electron chi connectivity index (χ4n) is 3.22. The maximum atomic E-state index is 12.9. The van der Waals surface area contributed by atoms with Gasteiger partial charge in [0.15, 0.2) is 6.61 Å². The predicted molar refractivity (Wildman–Crippen MR) is 126 cm³/mol. The molecule has 1 N–H and O–H groups in total. The summed E-state index contributed by atoms with van der Waals surface area (Å²) in [7, 11) is 3.35. The normalized spacial score (nSPS) is 10.8. The highest BCUT2D eigenvalue weighted by Gasteiger charge is 2.17. The number of carbonyl (C=O) groups excluding carboxylic acids is 2. The molecular formula is C24H24N4O3S. The number of amides is 2. The van der Waals surface area contributed by atoms with Crippen LogP contribution in [0.25, 0.3) is 10.2 Å². The van der Waals surface area contributed by atoms with Crippen LogP contribution in [0.2, 0.25) is 0 Å². The number of likely N-dealkylation sites (N-methyl/N-ethyl adjacent to an activating group) is 1. The minimum atomic E-state index is -0.196. The molecule has 7 nitrogen and oxygen atoms in total. The van der Waals surface area contributed by atoms with Gasteiger partial charge in [0.1, 0.15) is 10.6 Å². The lowest BCUT2D eigenvalue weighted by molar-refractivity contribution is -0.130. The largest absolute Gasteiger partial charge is 0.484 e. The number of rotatable bonds is 7. The van der Waals surface area contributed by atoms with Crippen molar-refractivity contribution in [3.8, 4) is 5.75 Å². The molecule has 0 aliphatic rings. The van der Waals surface area contributed by atoms with Gasteiger partial charge in [0.2, 0.25) is 0 Å². The lowest BCUT2D eigenvalue weighted by Gasteiger charge is -2.12. The summed E-state index contributed by atoms with van der Waals surface area (Å²) in [6.07, 6.45) is 0. The van der Waals surface area contributed by atoms with Crippen LogP contribution in [-0.2, 0) is 11.3 Å². The van der Waals surface area contributed by atoms with E-state index in [2.05, 4.69) is 22.5 Å². The SMILES string of the molecule is Cc1nn(Cc2ccccc2)c2sc(C(=O)Nc3cccc(OCC(=O)N(C)C)c3)cc12. The zero-order valence-electron chi connectivity index (χ0n) is 18.2. The zero-order valence-corrected chi connectivity index (χ0v) is 19.0. The first-order chi connectivity index (χ1) is 15.4. The number of thiophene rings is 1. The molecule has 0 bridgehead atoms. The van der Waals surface area contributed by atoms with Crippen molar-refractivity contribution < 1.29 is 14.3 Å². The number of hydrogen-bond acceptors (Lipinski definition) is 5. The second-order valence-corrected chi connectivity index (χ2v) is 8.65. The van der Waals surface area contributed by atoms with Crippen molar-refractivity contribution in [3.63, 3.8) is 0 Å². The molecule has 0 aliphatic heterocycles. The van der Waals surface area contributed by atoms with E-state index >= 15 is 0 Å². The van der Waals surface area contributed by atoms with Crippen molar-refractivity contribution in [2.75, 3.05) is 26.0 Å². The maximum Gasteiger partial charge on any atom is 0.265 e. The third-order valence-electron chi connectivity index (χ3n) is 4.96. The molecule has 0 unspecified atom stereocenters. The lowest BCUT2D eigenvalue weighted by Crippen LogP contribution is -2.27. The zero-order chi connectivity index (χ0) is 22.7. The third kappa shape index (κ3) is 4.81. The van der Waals surface area contributed by atoms with Gasteiger partial charge in [-0.15, -0.1) is 11.3 Å². The van der Waals surface area contributed by atoms with Crippen molar-refractivity contribution in [1.29, 1.82) is 0 Å². The summed E-state index contributed by atoms with van der Waals surface area (Å²) in [5, 5.41) is 8.53. The number of fused-ring (bicyclic) bond motifs is 1. The van der Waals surface area contributed by atoms with E-state index in [4.69, 9.17) is 4.74 Å². The number of benzene rings is 2. The highest BCUT2D eigenvalue weighted by Crippen LogP contribution is 2.29. The van der Waals surface area contributed by atoms with E-state index in [0.717, 1.165) is 21.5 Å². The van der Waals surface area contributed by atoms with Gasteiger partial charge in [0.25, 0.3) is 11.8 Å². The molecule has 0 radical (unpaired) electrons. The molecule has 0 spiro atoms. The summed E-state index contributed by atoms with van der Waals surface area (Å²) in [4.78, 5) is 27.7. The summed E-state index contributed by atoms with van der Waals surface area (Å²) in [5.41, 5.74) is 2.65. The Balaban J connectivity index is 1.49. The Labute approximate surface area is 190 Å². The number of nitrogens with zero attached hydrogens (tertiary/aromatic N) is 3. The summed E-state index contributed by atoms with van der Waals surface area (Å²) >= 11 is 1.42. The molecule has 0 fully saturated rings. The van der Waals surface area contributed by atoms with Crippen LogP contribution in [0.4, 0.5) is 5.69 Å². The number of ether oxygens (including phenoxy) is 1. The topological polar surface area (TPSA) is 76.5 Å². The van der Waals surface area contributed by atoms with E-state index in [1.807, 2.05) is 35.9 Å². The van der Waals surface area contributed by atoms with Crippen LogP contribution >= 0.6 is 11.3 Å². The molecule has 2 aromatic heterocycles. The van der Waals surface area contributed by atoms with Crippen LogP contribution < -0.4 is 10.1 Å². The number of anilines is 1. The average molecular weight is 449 g/mol. The lowest BCUT2D eigenvalue weighted by atomic mass is 10.2. The summed E-state index contributed by atoms with van der Waals surface area (Å²) < 4.78 is 7.47. The first kappa shape index (κ1) is 21.6. The van der Waals surface area contributed by atoms with E-state index < -0.39 is 0 Å². The number of carbonyl (C=O) groups is 2. The molecule has 0 saturated carbocycles. The Morgan fingerprint density at radius 2 is 1.88 bits per heavy atom. The molecule has 4 rings (SSSR count). The second kappa shape index (κ2) is 9.23. The Morgan fingerprint density at radius 3 is 2.62 bits per heavy atom. The van der Waals surface area contributed by atoms with E-state index in [9.17, 15) is 9.59 Å². The predicted octanol–water partition coefficient (Wildman–Crippen LogP) is 4.17. The van der Waals surface area contributed by atoms with Gasteiger partial charge in [-0.25, -0.2) is 0 Å². The second-order valence-electron chi connectivity index (χ2n) is 7.62. The van der Waals surface area contributed by atoms with Gasteiger partial charge in [0, 0.05) is 31.2 Å². The van der Waals surface area contributed by atoms with Crippen molar-refractivity contribution >= 4 is 39.1 Å². The highest BCUT2D eigenvalue weighted by atomic mass is 32.1. The van der Waals surface area contributed by atoms with Gasteiger partial charge < -0.3 is 15.0 Å². The van der Waals surface area contributed by atoms with Gasteiger partial charge in [-0.1, -0.05) is 36.4 Å².